The second-order valence-electron chi connectivity index (χ2n) is 5.11. The Balaban J connectivity index is 2.83. The fourth-order valence-electron chi connectivity index (χ4n) is 1.86. The Bertz CT molecular complexity index is 344. The molecule has 0 saturated carbocycles. The number of ether oxygens (including phenoxy) is 1. The van der Waals surface area contributed by atoms with Gasteiger partial charge in [-0.05, 0) is 26.3 Å². The molecule has 1 aromatic heterocycles. The van der Waals surface area contributed by atoms with Crippen LogP contribution in [-0.2, 0) is 10.2 Å². The zero-order chi connectivity index (χ0) is 13.6. The Labute approximate surface area is 109 Å². The van der Waals surface area contributed by atoms with Gasteiger partial charge in [0.1, 0.15) is 6.10 Å². The van der Waals surface area contributed by atoms with Crippen molar-refractivity contribution in [2.45, 2.75) is 58.5 Å². The summed E-state index contributed by atoms with van der Waals surface area (Å²) in [4.78, 5) is 4.48. The molecule has 0 amide bonds. The van der Waals surface area contributed by atoms with Crippen LogP contribution in [0.25, 0.3) is 0 Å². The van der Waals surface area contributed by atoms with Crippen molar-refractivity contribution in [3.8, 4) is 0 Å². The maximum absolute atomic E-state index is 5.64. The summed E-state index contributed by atoms with van der Waals surface area (Å²) in [6.07, 6.45) is 2.69. The molecule has 5 nitrogen and oxygen atoms in total. The van der Waals surface area contributed by atoms with E-state index in [0.29, 0.717) is 24.9 Å². The van der Waals surface area contributed by atoms with E-state index in [1.165, 1.54) is 0 Å². The molecule has 1 heterocycles. The smallest absolute Gasteiger partial charge is 0.232 e. The van der Waals surface area contributed by atoms with Gasteiger partial charge in [-0.3, -0.25) is 0 Å². The molecule has 18 heavy (non-hydrogen) atoms. The van der Waals surface area contributed by atoms with Crippen LogP contribution in [0.5, 0.6) is 0 Å². The lowest BCUT2D eigenvalue weighted by Gasteiger charge is -2.18. The van der Waals surface area contributed by atoms with Crippen molar-refractivity contribution in [1.29, 1.82) is 0 Å². The molecule has 0 aliphatic rings. The third-order valence-electron chi connectivity index (χ3n) is 3.00. The SMILES string of the molecule is CCCC(OCC)c1noc(C(C)(C)CCN)n1. The van der Waals surface area contributed by atoms with E-state index in [2.05, 4.69) is 30.9 Å². The van der Waals surface area contributed by atoms with Gasteiger partial charge in [0.05, 0.1) is 0 Å². The van der Waals surface area contributed by atoms with E-state index >= 15 is 0 Å². The summed E-state index contributed by atoms with van der Waals surface area (Å²) in [7, 11) is 0. The van der Waals surface area contributed by atoms with Crippen LogP contribution >= 0.6 is 0 Å². The van der Waals surface area contributed by atoms with Gasteiger partial charge in [0.2, 0.25) is 11.7 Å². The quantitative estimate of drug-likeness (QED) is 0.772. The Morgan fingerprint density at radius 3 is 2.67 bits per heavy atom. The average molecular weight is 255 g/mol. The van der Waals surface area contributed by atoms with Crippen molar-refractivity contribution in [2.75, 3.05) is 13.2 Å². The Morgan fingerprint density at radius 1 is 1.39 bits per heavy atom. The van der Waals surface area contributed by atoms with Crippen molar-refractivity contribution in [2.24, 2.45) is 5.73 Å². The lowest BCUT2D eigenvalue weighted by molar-refractivity contribution is 0.0477. The third kappa shape index (κ3) is 3.78. The molecule has 0 aliphatic carbocycles. The summed E-state index contributed by atoms with van der Waals surface area (Å²) >= 11 is 0. The zero-order valence-electron chi connectivity index (χ0n) is 11.9. The monoisotopic (exact) mass is 255 g/mol. The molecule has 1 unspecified atom stereocenters. The van der Waals surface area contributed by atoms with Crippen LogP contribution in [0.1, 0.15) is 64.8 Å². The van der Waals surface area contributed by atoms with Crippen LogP contribution in [0.2, 0.25) is 0 Å². The fourth-order valence-corrected chi connectivity index (χ4v) is 1.86. The van der Waals surface area contributed by atoms with Crippen LogP contribution in [0, 0.1) is 0 Å². The Morgan fingerprint density at radius 2 is 2.11 bits per heavy atom. The first-order valence-corrected chi connectivity index (χ1v) is 6.70. The minimum absolute atomic E-state index is 0.0637. The summed E-state index contributed by atoms with van der Waals surface area (Å²) in [5.41, 5.74) is 5.42. The van der Waals surface area contributed by atoms with Gasteiger partial charge in [0.15, 0.2) is 0 Å². The van der Waals surface area contributed by atoms with Crippen LogP contribution in [0.3, 0.4) is 0 Å². The second kappa shape index (κ2) is 6.85. The van der Waals surface area contributed by atoms with Crippen LogP contribution in [-0.4, -0.2) is 23.3 Å². The number of hydrogen-bond acceptors (Lipinski definition) is 5. The highest BCUT2D eigenvalue weighted by atomic mass is 16.5. The highest BCUT2D eigenvalue weighted by molar-refractivity contribution is 5.02. The Hall–Kier alpha value is -0.940. The first-order chi connectivity index (χ1) is 8.55. The van der Waals surface area contributed by atoms with Gasteiger partial charge in [-0.2, -0.15) is 4.98 Å². The van der Waals surface area contributed by atoms with Gasteiger partial charge in [-0.25, -0.2) is 0 Å². The van der Waals surface area contributed by atoms with Crippen LogP contribution < -0.4 is 5.73 Å². The van der Waals surface area contributed by atoms with Gasteiger partial charge < -0.3 is 15.0 Å². The molecule has 0 radical (unpaired) electrons. The number of rotatable bonds is 8. The van der Waals surface area contributed by atoms with Crippen molar-refractivity contribution in [1.82, 2.24) is 10.1 Å². The normalized spacial score (nSPS) is 13.8. The van der Waals surface area contributed by atoms with Crippen molar-refractivity contribution in [3.63, 3.8) is 0 Å². The molecular formula is C13H25N3O2. The van der Waals surface area contributed by atoms with Crippen molar-refractivity contribution in [3.05, 3.63) is 11.7 Å². The highest BCUT2D eigenvalue weighted by Crippen LogP contribution is 2.27. The third-order valence-corrected chi connectivity index (χ3v) is 3.00. The minimum Gasteiger partial charge on any atom is -0.370 e. The molecule has 2 N–H and O–H groups in total. The maximum atomic E-state index is 5.64. The van der Waals surface area contributed by atoms with Gasteiger partial charge in [0.25, 0.3) is 0 Å². The summed E-state index contributed by atoms with van der Waals surface area (Å²) in [5, 5.41) is 4.05. The standard InChI is InChI=1S/C13H25N3O2/c1-5-7-10(17-6-2)11-15-12(18-16-11)13(3,4)8-9-14/h10H,5-9,14H2,1-4H3. The van der Waals surface area contributed by atoms with E-state index in [4.69, 9.17) is 15.0 Å². The van der Waals surface area contributed by atoms with E-state index in [9.17, 15) is 0 Å². The second-order valence-corrected chi connectivity index (χ2v) is 5.11. The summed E-state index contributed by atoms with van der Waals surface area (Å²) in [5.74, 6) is 1.29. The van der Waals surface area contributed by atoms with E-state index in [1.807, 2.05) is 6.92 Å². The first kappa shape index (κ1) is 15.1. The molecule has 5 heteroatoms. The van der Waals surface area contributed by atoms with Crippen LogP contribution in [0.15, 0.2) is 4.52 Å². The number of nitrogens with two attached hydrogens (primary N) is 1. The molecule has 0 spiro atoms. The number of hydrogen-bond donors (Lipinski definition) is 1. The van der Waals surface area contributed by atoms with E-state index in [1.54, 1.807) is 0 Å². The summed E-state index contributed by atoms with van der Waals surface area (Å²) in [6, 6.07) is 0. The van der Waals surface area contributed by atoms with Gasteiger partial charge in [0, 0.05) is 12.0 Å². The topological polar surface area (TPSA) is 74.2 Å². The molecule has 0 saturated heterocycles. The molecule has 0 fully saturated rings. The van der Waals surface area contributed by atoms with E-state index in [-0.39, 0.29) is 11.5 Å². The molecular weight excluding hydrogens is 230 g/mol. The van der Waals surface area contributed by atoms with E-state index in [0.717, 1.165) is 19.3 Å². The molecule has 1 atom stereocenters. The lowest BCUT2D eigenvalue weighted by Crippen LogP contribution is -2.22. The van der Waals surface area contributed by atoms with E-state index < -0.39 is 0 Å². The average Bonchev–Trinajstić information content (AvgIpc) is 2.78. The molecule has 1 rings (SSSR count). The molecule has 1 aromatic rings. The summed E-state index contributed by atoms with van der Waals surface area (Å²) < 4.78 is 11.0. The molecule has 104 valence electrons. The van der Waals surface area contributed by atoms with Crippen LogP contribution in [0.4, 0.5) is 0 Å². The maximum Gasteiger partial charge on any atom is 0.232 e. The molecule has 0 aliphatic heterocycles. The highest BCUT2D eigenvalue weighted by Gasteiger charge is 2.28. The largest absolute Gasteiger partial charge is 0.370 e. The number of nitrogens with zero attached hydrogens (tertiary/aromatic N) is 2. The number of aromatic nitrogens is 2. The van der Waals surface area contributed by atoms with Gasteiger partial charge in [-0.1, -0.05) is 32.3 Å². The Kier molecular flexibility index (Phi) is 5.75. The predicted octanol–water partition coefficient (Wildman–Crippen LogP) is 2.57. The predicted molar refractivity (Wildman–Crippen MR) is 70.3 cm³/mol. The summed E-state index contributed by atoms with van der Waals surface area (Å²) in [6.45, 7) is 9.47. The first-order valence-electron chi connectivity index (χ1n) is 6.70. The minimum atomic E-state index is -0.178. The molecule has 0 bridgehead atoms. The van der Waals surface area contributed by atoms with Crippen molar-refractivity contribution >= 4 is 0 Å². The van der Waals surface area contributed by atoms with Gasteiger partial charge in [-0.15, -0.1) is 0 Å². The fraction of sp³-hybridized carbons (Fsp3) is 0.846. The lowest BCUT2D eigenvalue weighted by atomic mass is 9.89. The molecule has 0 aromatic carbocycles. The van der Waals surface area contributed by atoms with Crippen molar-refractivity contribution < 1.29 is 9.26 Å². The van der Waals surface area contributed by atoms with Gasteiger partial charge >= 0.3 is 0 Å². The zero-order valence-corrected chi connectivity index (χ0v) is 11.9.